The minimum Gasteiger partial charge on any atom is -0.378 e. The SMILES string of the molecule is O=C(C1CCCC1)N(Cc1c(-c2ccccc2)noc1N1CCOCC1)C1CC1. The van der Waals surface area contributed by atoms with Gasteiger partial charge in [0.25, 0.3) is 0 Å². The van der Waals surface area contributed by atoms with Crippen molar-refractivity contribution in [1.29, 1.82) is 0 Å². The van der Waals surface area contributed by atoms with Gasteiger partial charge in [-0.2, -0.15) is 0 Å². The van der Waals surface area contributed by atoms with Crippen molar-refractivity contribution in [1.82, 2.24) is 10.1 Å². The minimum atomic E-state index is 0.197. The van der Waals surface area contributed by atoms with Crippen molar-refractivity contribution < 1.29 is 14.1 Å². The molecule has 2 saturated carbocycles. The van der Waals surface area contributed by atoms with E-state index < -0.39 is 0 Å². The summed E-state index contributed by atoms with van der Waals surface area (Å²) in [4.78, 5) is 17.7. The molecule has 0 unspecified atom stereocenters. The molecule has 154 valence electrons. The number of ether oxygens (including phenoxy) is 1. The van der Waals surface area contributed by atoms with Crippen molar-refractivity contribution >= 4 is 11.8 Å². The predicted molar refractivity (Wildman–Crippen MR) is 111 cm³/mol. The first-order chi connectivity index (χ1) is 14.3. The predicted octanol–water partition coefficient (Wildman–Crippen LogP) is 3.86. The Balaban J connectivity index is 1.49. The molecule has 2 aliphatic carbocycles. The molecule has 3 aliphatic rings. The van der Waals surface area contributed by atoms with Crippen LogP contribution in [0.2, 0.25) is 0 Å². The second-order valence-corrected chi connectivity index (χ2v) is 8.46. The van der Waals surface area contributed by atoms with Gasteiger partial charge in [0.05, 0.1) is 25.3 Å². The van der Waals surface area contributed by atoms with Gasteiger partial charge in [0, 0.05) is 30.6 Å². The summed E-state index contributed by atoms with van der Waals surface area (Å²) < 4.78 is 11.4. The molecular formula is C23H29N3O3. The number of benzene rings is 1. The molecule has 3 fully saturated rings. The average molecular weight is 396 g/mol. The lowest BCUT2D eigenvalue weighted by Gasteiger charge is -2.29. The normalized spacial score (nSPS) is 20.2. The second kappa shape index (κ2) is 8.19. The van der Waals surface area contributed by atoms with Gasteiger partial charge < -0.3 is 19.1 Å². The minimum absolute atomic E-state index is 0.197. The monoisotopic (exact) mass is 395 g/mol. The molecule has 1 saturated heterocycles. The third kappa shape index (κ3) is 3.90. The molecule has 0 N–H and O–H groups in total. The van der Waals surface area contributed by atoms with Crippen LogP contribution in [0, 0.1) is 5.92 Å². The highest BCUT2D eigenvalue weighted by Gasteiger charge is 2.38. The molecule has 0 spiro atoms. The molecule has 0 atom stereocenters. The van der Waals surface area contributed by atoms with Crippen LogP contribution in [-0.4, -0.2) is 48.3 Å². The van der Waals surface area contributed by atoms with E-state index in [9.17, 15) is 4.79 Å². The van der Waals surface area contributed by atoms with E-state index in [1.807, 2.05) is 18.2 Å². The molecule has 0 bridgehead atoms. The third-order valence-electron chi connectivity index (χ3n) is 6.42. The van der Waals surface area contributed by atoms with Gasteiger partial charge in [-0.25, -0.2) is 0 Å². The van der Waals surface area contributed by atoms with E-state index in [4.69, 9.17) is 9.26 Å². The van der Waals surface area contributed by atoms with E-state index in [1.165, 1.54) is 12.8 Å². The van der Waals surface area contributed by atoms with E-state index in [2.05, 4.69) is 27.1 Å². The highest BCUT2D eigenvalue weighted by atomic mass is 16.5. The highest BCUT2D eigenvalue weighted by molar-refractivity contribution is 5.80. The summed E-state index contributed by atoms with van der Waals surface area (Å²) >= 11 is 0. The summed E-state index contributed by atoms with van der Waals surface area (Å²) in [6.45, 7) is 3.54. The first kappa shape index (κ1) is 18.7. The Hall–Kier alpha value is -2.34. The van der Waals surface area contributed by atoms with Crippen LogP contribution in [0.5, 0.6) is 0 Å². The fraction of sp³-hybridized carbons (Fsp3) is 0.565. The zero-order chi connectivity index (χ0) is 19.6. The zero-order valence-electron chi connectivity index (χ0n) is 16.9. The van der Waals surface area contributed by atoms with Crippen LogP contribution in [0.1, 0.15) is 44.1 Å². The third-order valence-corrected chi connectivity index (χ3v) is 6.42. The Morgan fingerprint density at radius 2 is 1.79 bits per heavy atom. The quantitative estimate of drug-likeness (QED) is 0.743. The van der Waals surface area contributed by atoms with E-state index in [0.29, 0.717) is 31.7 Å². The molecule has 1 aromatic carbocycles. The molecular weight excluding hydrogens is 366 g/mol. The van der Waals surface area contributed by atoms with Gasteiger partial charge in [-0.05, 0) is 25.7 Å². The summed E-state index contributed by atoms with van der Waals surface area (Å²) in [5.41, 5.74) is 2.93. The first-order valence-electron chi connectivity index (χ1n) is 11.0. The number of rotatable bonds is 6. The number of morpholine rings is 1. The fourth-order valence-corrected chi connectivity index (χ4v) is 4.63. The average Bonchev–Trinajstić information content (AvgIpc) is 3.29. The molecule has 1 amide bonds. The maximum atomic E-state index is 13.3. The Bertz CT molecular complexity index is 834. The second-order valence-electron chi connectivity index (χ2n) is 8.46. The maximum Gasteiger partial charge on any atom is 0.233 e. The molecule has 2 aromatic rings. The molecule has 6 nitrogen and oxygen atoms in total. The number of nitrogens with zero attached hydrogens (tertiary/aromatic N) is 3. The van der Waals surface area contributed by atoms with Crippen LogP contribution < -0.4 is 4.90 Å². The first-order valence-corrected chi connectivity index (χ1v) is 11.0. The highest BCUT2D eigenvalue weighted by Crippen LogP contribution is 2.38. The molecule has 6 heteroatoms. The van der Waals surface area contributed by atoms with Crippen molar-refractivity contribution in [2.45, 2.75) is 51.1 Å². The Kier molecular flexibility index (Phi) is 5.27. The number of amides is 1. The van der Waals surface area contributed by atoms with E-state index in [0.717, 1.165) is 61.5 Å². The van der Waals surface area contributed by atoms with Crippen LogP contribution in [0.3, 0.4) is 0 Å². The Morgan fingerprint density at radius 3 is 2.48 bits per heavy atom. The lowest BCUT2D eigenvalue weighted by molar-refractivity contribution is -0.136. The van der Waals surface area contributed by atoms with Crippen molar-refractivity contribution in [3.63, 3.8) is 0 Å². The standard InChI is InChI=1S/C23H29N3O3/c27-22(18-8-4-5-9-18)26(19-10-11-19)16-20-21(17-6-2-1-3-7-17)24-29-23(20)25-12-14-28-15-13-25/h1-3,6-7,18-19H,4-5,8-16H2. The van der Waals surface area contributed by atoms with Gasteiger partial charge in [0.15, 0.2) is 0 Å². The van der Waals surface area contributed by atoms with Gasteiger partial charge in [0.2, 0.25) is 11.8 Å². The molecule has 1 aliphatic heterocycles. The molecule has 5 rings (SSSR count). The molecule has 29 heavy (non-hydrogen) atoms. The molecule has 2 heterocycles. The summed E-state index contributed by atoms with van der Waals surface area (Å²) in [6, 6.07) is 10.5. The number of anilines is 1. The van der Waals surface area contributed by atoms with Crippen molar-refractivity contribution in [2.24, 2.45) is 5.92 Å². The van der Waals surface area contributed by atoms with Gasteiger partial charge in [0.1, 0.15) is 5.69 Å². The molecule has 1 aromatic heterocycles. The zero-order valence-corrected chi connectivity index (χ0v) is 16.9. The number of aromatic nitrogens is 1. The fourth-order valence-electron chi connectivity index (χ4n) is 4.63. The van der Waals surface area contributed by atoms with Gasteiger partial charge in [-0.1, -0.05) is 48.3 Å². The van der Waals surface area contributed by atoms with Crippen LogP contribution in [-0.2, 0) is 16.1 Å². The van der Waals surface area contributed by atoms with Crippen molar-refractivity contribution in [3.8, 4) is 11.3 Å². The summed E-state index contributed by atoms with van der Waals surface area (Å²) in [7, 11) is 0. The van der Waals surface area contributed by atoms with Crippen LogP contribution in [0.15, 0.2) is 34.9 Å². The van der Waals surface area contributed by atoms with Gasteiger partial charge in [-0.3, -0.25) is 4.79 Å². The van der Waals surface area contributed by atoms with E-state index in [-0.39, 0.29) is 5.92 Å². The van der Waals surface area contributed by atoms with Gasteiger partial charge in [-0.15, -0.1) is 0 Å². The molecule has 0 radical (unpaired) electrons. The summed E-state index contributed by atoms with van der Waals surface area (Å²) in [5, 5.41) is 4.46. The number of hydrogen-bond donors (Lipinski definition) is 0. The van der Waals surface area contributed by atoms with Crippen LogP contribution in [0.25, 0.3) is 11.3 Å². The number of carbonyl (C=O) groups is 1. The summed E-state index contributed by atoms with van der Waals surface area (Å²) in [5.74, 6) is 1.33. The van der Waals surface area contributed by atoms with Crippen molar-refractivity contribution in [3.05, 3.63) is 35.9 Å². The van der Waals surface area contributed by atoms with Crippen LogP contribution >= 0.6 is 0 Å². The Morgan fingerprint density at radius 1 is 1.07 bits per heavy atom. The maximum absolute atomic E-state index is 13.3. The Labute approximate surface area is 171 Å². The van der Waals surface area contributed by atoms with Crippen LogP contribution in [0.4, 0.5) is 5.88 Å². The van der Waals surface area contributed by atoms with Gasteiger partial charge >= 0.3 is 0 Å². The number of hydrogen-bond acceptors (Lipinski definition) is 5. The topological polar surface area (TPSA) is 58.8 Å². The largest absolute Gasteiger partial charge is 0.378 e. The number of carbonyl (C=O) groups excluding carboxylic acids is 1. The lowest BCUT2D eigenvalue weighted by atomic mass is 10.0. The van der Waals surface area contributed by atoms with E-state index >= 15 is 0 Å². The van der Waals surface area contributed by atoms with Crippen molar-refractivity contribution in [2.75, 3.05) is 31.2 Å². The lowest BCUT2D eigenvalue weighted by Crippen LogP contribution is -2.39. The smallest absolute Gasteiger partial charge is 0.233 e. The van der Waals surface area contributed by atoms with E-state index in [1.54, 1.807) is 0 Å². The summed E-state index contributed by atoms with van der Waals surface area (Å²) in [6.07, 6.45) is 6.64.